The molecule has 44 heavy (non-hydrogen) atoms. The minimum Gasteiger partial charge on any atom is -0.453 e. The fraction of sp³-hybridized carbons (Fsp3) is 0.526. The van der Waals surface area contributed by atoms with Crippen LogP contribution in [0.3, 0.4) is 0 Å². The highest BCUT2D eigenvalue weighted by Gasteiger charge is 2.55. The van der Waals surface area contributed by atoms with Gasteiger partial charge in [0.2, 0.25) is 0 Å². The van der Waals surface area contributed by atoms with Gasteiger partial charge < -0.3 is 20.9 Å². The van der Waals surface area contributed by atoms with Crippen molar-refractivity contribution in [3.8, 4) is 23.0 Å². The highest BCUT2D eigenvalue weighted by atomic mass is 35.5. The van der Waals surface area contributed by atoms with Gasteiger partial charge in [-0.25, -0.2) is 0 Å². The molecule has 230 valence electrons. The van der Waals surface area contributed by atoms with E-state index in [2.05, 4.69) is 12.1 Å². The summed E-state index contributed by atoms with van der Waals surface area (Å²) in [4.78, 5) is 0. The maximum atomic E-state index is 7.08. The molecule has 3 aromatic carbocycles. The van der Waals surface area contributed by atoms with Crippen LogP contribution in [-0.4, -0.2) is 0 Å². The van der Waals surface area contributed by atoms with Crippen molar-refractivity contribution in [3.05, 3.63) is 69.7 Å². The molecule has 0 aliphatic heterocycles. The van der Waals surface area contributed by atoms with E-state index in [1.54, 1.807) is 0 Å². The molecule has 11 rings (SSSR count). The summed E-state index contributed by atoms with van der Waals surface area (Å²) in [7, 11) is 0. The highest BCUT2D eigenvalue weighted by Crippen LogP contribution is 2.66. The first-order valence-corrected chi connectivity index (χ1v) is 17.6. The number of benzene rings is 3. The lowest BCUT2D eigenvalue weighted by Gasteiger charge is -2.58. The van der Waals surface area contributed by atoms with Gasteiger partial charge in [-0.05, 0) is 148 Å². The largest absolute Gasteiger partial charge is 0.453 e. The Kier molecular flexibility index (Phi) is 6.28. The Labute approximate surface area is 270 Å². The number of hydrogen-bond acceptors (Lipinski definition) is 4. The molecule has 8 fully saturated rings. The van der Waals surface area contributed by atoms with Crippen molar-refractivity contribution >= 4 is 34.6 Å². The van der Waals surface area contributed by atoms with E-state index in [0.29, 0.717) is 32.9 Å². The molecule has 0 amide bonds. The summed E-state index contributed by atoms with van der Waals surface area (Å²) >= 11 is 12.7. The zero-order chi connectivity index (χ0) is 29.8. The fourth-order valence-corrected chi connectivity index (χ4v) is 12.1. The third-order valence-corrected chi connectivity index (χ3v) is 13.4. The van der Waals surface area contributed by atoms with Crippen LogP contribution in [0.5, 0.6) is 23.0 Å². The Hall–Kier alpha value is -2.56. The molecule has 0 unspecified atom stereocenters. The lowest BCUT2D eigenvalue weighted by molar-refractivity contribution is -0.00832. The quantitative estimate of drug-likeness (QED) is 0.266. The number of nitrogens with two attached hydrogens (primary N) is 2. The molecule has 0 radical (unpaired) electrons. The van der Waals surface area contributed by atoms with Gasteiger partial charge in [-0.1, -0.05) is 35.3 Å². The zero-order valence-corrected chi connectivity index (χ0v) is 26.8. The summed E-state index contributed by atoms with van der Waals surface area (Å²) in [5, 5.41) is 1.07. The second-order valence-corrected chi connectivity index (χ2v) is 16.6. The lowest BCUT2D eigenvalue weighted by Crippen LogP contribution is -2.49. The Balaban J connectivity index is 1.26. The zero-order valence-electron chi connectivity index (χ0n) is 25.3. The van der Waals surface area contributed by atoms with Crippen LogP contribution >= 0.6 is 23.2 Å². The molecule has 0 saturated heterocycles. The molecular weight excluding hydrogens is 587 g/mol. The highest BCUT2D eigenvalue weighted by molar-refractivity contribution is 6.33. The van der Waals surface area contributed by atoms with Crippen LogP contribution in [0.2, 0.25) is 10.0 Å². The van der Waals surface area contributed by atoms with Gasteiger partial charge in [0.1, 0.15) is 11.5 Å². The van der Waals surface area contributed by atoms with Crippen molar-refractivity contribution in [2.45, 2.75) is 87.9 Å². The molecule has 0 atom stereocenters. The second kappa shape index (κ2) is 9.97. The molecule has 8 aliphatic carbocycles. The van der Waals surface area contributed by atoms with Crippen LogP contribution in [0.1, 0.15) is 88.2 Å². The van der Waals surface area contributed by atoms with Gasteiger partial charge in [0.05, 0.1) is 21.4 Å². The van der Waals surface area contributed by atoms with Crippen LogP contribution < -0.4 is 20.9 Å². The maximum absolute atomic E-state index is 7.08. The molecule has 8 aliphatic rings. The Morgan fingerprint density at radius 1 is 0.500 bits per heavy atom. The monoisotopic (exact) mass is 628 g/mol. The van der Waals surface area contributed by atoms with Crippen LogP contribution in [0.25, 0.3) is 0 Å². The Bertz CT molecular complexity index is 1460. The topological polar surface area (TPSA) is 70.5 Å². The van der Waals surface area contributed by atoms with Crippen molar-refractivity contribution in [3.63, 3.8) is 0 Å². The van der Waals surface area contributed by atoms with E-state index in [-0.39, 0.29) is 10.8 Å². The smallest absolute Gasteiger partial charge is 0.173 e. The number of ether oxygens (including phenoxy) is 2. The van der Waals surface area contributed by atoms with Crippen LogP contribution in [0.15, 0.2) is 48.5 Å². The minimum atomic E-state index is 0.110. The van der Waals surface area contributed by atoms with Gasteiger partial charge in [-0.3, -0.25) is 0 Å². The minimum absolute atomic E-state index is 0.110. The van der Waals surface area contributed by atoms with Crippen molar-refractivity contribution in [2.24, 2.45) is 35.5 Å². The van der Waals surface area contributed by atoms with Gasteiger partial charge in [0.15, 0.2) is 11.5 Å². The summed E-state index contributed by atoms with van der Waals surface area (Å²) in [6.45, 7) is 0. The molecule has 0 spiro atoms. The molecule has 0 aromatic heterocycles. The summed E-state index contributed by atoms with van der Waals surface area (Å²) < 4.78 is 14.2. The van der Waals surface area contributed by atoms with Gasteiger partial charge in [0.25, 0.3) is 0 Å². The van der Waals surface area contributed by atoms with E-state index in [0.717, 1.165) is 47.0 Å². The van der Waals surface area contributed by atoms with Gasteiger partial charge >= 0.3 is 0 Å². The summed E-state index contributed by atoms with van der Waals surface area (Å²) in [5.74, 6) is 7.99. The van der Waals surface area contributed by atoms with E-state index >= 15 is 0 Å². The third kappa shape index (κ3) is 4.45. The average Bonchev–Trinajstić information content (AvgIpc) is 2.96. The molecule has 8 bridgehead atoms. The molecule has 8 saturated carbocycles. The maximum Gasteiger partial charge on any atom is 0.173 e. The van der Waals surface area contributed by atoms with E-state index in [9.17, 15) is 0 Å². The van der Waals surface area contributed by atoms with Crippen LogP contribution in [-0.2, 0) is 10.8 Å². The molecule has 3 aromatic rings. The van der Waals surface area contributed by atoms with E-state index in [1.807, 2.05) is 36.4 Å². The SMILES string of the molecule is Nc1cc(Oc2c(C34CC5CC(CC(C5)C3)C4)ccc(C34CC5CC(CC(C5)C3)C4)c2Oc2ccc(Cl)c(N)c2)ccc1Cl. The molecule has 4 nitrogen and oxygen atoms in total. The van der Waals surface area contributed by atoms with Crippen molar-refractivity contribution in [2.75, 3.05) is 11.5 Å². The van der Waals surface area contributed by atoms with E-state index in [1.165, 1.54) is 88.2 Å². The first kappa shape index (κ1) is 27.7. The molecule has 4 N–H and O–H groups in total. The number of anilines is 2. The summed E-state index contributed by atoms with van der Waals surface area (Å²) in [6, 6.07) is 16.2. The van der Waals surface area contributed by atoms with Crippen molar-refractivity contribution in [1.29, 1.82) is 0 Å². The molecule has 6 heteroatoms. The van der Waals surface area contributed by atoms with Crippen LogP contribution in [0.4, 0.5) is 11.4 Å². The van der Waals surface area contributed by atoms with Gasteiger partial charge in [0, 0.05) is 23.3 Å². The normalized spacial score (nSPS) is 36.1. The number of hydrogen-bond donors (Lipinski definition) is 2. The average molecular weight is 630 g/mol. The van der Waals surface area contributed by atoms with Gasteiger partial charge in [-0.15, -0.1) is 0 Å². The first-order chi connectivity index (χ1) is 21.2. The van der Waals surface area contributed by atoms with E-state index in [4.69, 9.17) is 44.1 Å². The standard InChI is InChI=1S/C38H42Cl2N2O2/c39-31-5-1-27(13-33(31)41)43-35-29(37-15-21-7-22(16-37)9-23(8-21)17-37)3-4-30(36(35)44-28-2-6-32(40)34(42)14-28)38-18-24-10-25(19-38)12-26(11-24)20-38/h1-6,13-14,21-26H,7-12,15-20,41-42H2. The Morgan fingerprint density at radius 2 is 0.818 bits per heavy atom. The predicted octanol–water partition coefficient (Wildman–Crippen LogP) is 10.7. The third-order valence-electron chi connectivity index (χ3n) is 12.7. The first-order valence-electron chi connectivity index (χ1n) is 16.9. The van der Waals surface area contributed by atoms with E-state index < -0.39 is 0 Å². The van der Waals surface area contributed by atoms with Crippen molar-refractivity contribution < 1.29 is 9.47 Å². The summed E-state index contributed by atoms with van der Waals surface area (Å²) in [5.41, 5.74) is 16.5. The predicted molar refractivity (Wildman–Crippen MR) is 178 cm³/mol. The molecule has 0 heterocycles. The Morgan fingerprint density at radius 3 is 1.11 bits per heavy atom. The van der Waals surface area contributed by atoms with Gasteiger partial charge in [-0.2, -0.15) is 0 Å². The lowest BCUT2D eigenvalue weighted by atomic mass is 9.47. The van der Waals surface area contributed by atoms with Crippen LogP contribution in [0, 0.1) is 35.5 Å². The van der Waals surface area contributed by atoms with Crippen molar-refractivity contribution in [1.82, 2.24) is 0 Å². The number of rotatable bonds is 6. The molecular formula is C38H42Cl2N2O2. The second-order valence-electron chi connectivity index (χ2n) is 15.8. The fourth-order valence-electron chi connectivity index (χ4n) is 11.9. The summed E-state index contributed by atoms with van der Waals surface area (Å²) in [6.07, 6.45) is 15.8. The number of halogens is 2. The number of nitrogen functional groups attached to an aromatic ring is 2.